The molecule has 6 nitrogen and oxygen atoms in total. The number of anilines is 1. The van der Waals surface area contributed by atoms with Gasteiger partial charge >= 0.3 is 5.00 Å². The first-order valence-corrected chi connectivity index (χ1v) is 6.66. The van der Waals surface area contributed by atoms with Crippen molar-refractivity contribution in [1.82, 2.24) is 4.98 Å². The average molecular weight is 334 g/mol. The van der Waals surface area contributed by atoms with Gasteiger partial charge in [-0.15, -0.1) is 11.3 Å². The van der Waals surface area contributed by atoms with Gasteiger partial charge in [0, 0.05) is 0 Å². The second-order valence-corrected chi connectivity index (χ2v) is 6.29. The van der Waals surface area contributed by atoms with E-state index >= 15 is 0 Å². The third-order valence-electron chi connectivity index (χ3n) is 1.69. The number of halogens is 1. The number of rotatable bonds is 3. The van der Waals surface area contributed by atoms with Crippen LogP contribution in [0.3, 0.4) is 0 Å². The predicted octanol–water partition coefficient (Wildman–Crippen LogP) is 3.13. The van der Waals surface area contributed by atoms with Crippen LogP contribution in [0.4, 0.5) is 10.1 Å². The Bertz CT molecular complexity index is 580. The molecule has 1 N–H and O–H groups in total. The minimum atomic E-state index is -0.547. The number of aromatic nitrogens is 1. The summed E-state index contributed by atoms with van der Waals surface area (Å²) in [5, 5.41) is 13.0. The second kappa shape index (κ2) is 4.90. The number of nitrogens with one attached hydrogen (secondary N) is 1. The monoisotopic (exact) mass is 333 g/mol. The number of nitrogens with zero attached hydrogens (tertiary/aromatic N) is 2. The zero-order valence-corrected chi connectivity index (χ0v) is 11.3. The summed E-state index contributed by atoms with van der Waals surface area (Å²) in [6.07, 6.45) is 1.12. The van der Waals surface area contributed by atoms with Crippen LogP contribution in [-0.4, -0.2) is 15.8 Å². The lowest BCUT2D eigenvalue weighted by Gasteiger charge is -1.96. The number of nitro groups is 1. The quantitative estimate of drug-likeness (QED) is 0.690. The van der Waals surface area contributed by atoms with Gasteiger partial charge in [0.1, 0.15) is 6.20 Å². The Kier molecular flexibility index (Phi) is 3.50. The van der Waals surface area contributed by atoms with Crippen LogP contribution in [0.2, 0.25) is 0 Å². The van der Waals surface area contributed by atoms with Crippen molar-refractivity contribution in [2.24, 2.45) is 0 Å². The van der Waals surface area contributed by atoms with Crippen molar-refractivity contribution < 1.29 is 9.72 Å². The summed E-state index contributed by atoms with van der Waals surface area (Å²) in [5.74, 6) is -0.329. The van der Waals surface area contributed by atoms with E-state index in [-0.39, 0.29) is 16.0 Å². The summed E-state index contributed by atoms with van der Waals surface area (Å²) in [5.41, 5.74) is 0. The van der Waals surface area contributed by atoms with E-state index in [4.69, 9.17) is 0 Å². The average Bonchev–Trinajstić information content (AvgIpc) is 2.86. The van der Waals surface area contributed by atoms with Crippen LogP contribution in [0, 0.1) is 10.1 Å². The maximum atomic E-state index is 11.7. The Hall–Kier alpha value is -1.32. The van der Waals surface area contributed by atoms with Crippen LogP contribution in [0.5, 0.6) is 0 Å². The molecule has 0 fully saturated rings. The van der Waals surface area contributed by atoms with E-state index in [1.807, 2.05) is 0 Å². The number of carbonyl (C=O) groups is 1. The smallest absolute Gasteiger partial charge is 0.297 e. The molecule has 0 saturated carbocycles. The fraction of sp³-hybridized carbons (Fsp3) is 0. The van der Waals surface area contributed by atoms with Crippen LogP contribution in [0.25, 0.3) is 0 Å². The zero-order chi connectivity index (χ0) is 12.4. The Labute approximate surface area is 112 Å². The topological polar surface area (TPSA) is 85.1 Å². The molecule has 9 heteroatoms. The van der Waals surface area contributed by atoms with Gasteiger partial charge in [0.15, 0.2) is 5.13 Å². The molecule has 88 valence electrons. The van der Waals surface area contributed by atoms with E-state index in [2.05, 4.69) is 26.2 Å². The Morgan fingerprint density at radius 1 is 1.47 bits per heavy atom. The molecule has 0 aromatic carbocycles. The molecule has 0 unspecified atom stereocenters. The van der Waals surface area contributed by atoms with Gasteiger partial charge in [0.2, 0.25) is 0 Å². The molecule has 0 radical (unpaired) electrons. The van der Waals surface area contributed by atoms with Gasteiger partial charge in [-0.25, -0.2) is 4.98 Å². The van der Waals surface area contributed by atoms with E-state index in [9.17, 15) is 14.9 Å². The zero-order valence-electron chi connectivity index (χ0n) is 8.05. The molecule has 0 atom stereocenters. The number of thiophene rings is 1. The highest BCUT2D eigenvalue weighted by atomic mass is 79.9. The molecule has 0 saturated heterocycles. The fourth-order valence-electron chi connectivity index (χ4n) is 1.00. The summed E-state index contributed by atoms with van der Waals surface area (Å²) in [6, 6.07) is 3.41. The molecule has 2 aromatic heterocycles. The van der Waals surface area contributed by atoms with Crippen molar-refractivity contribution >= 4 is 54.6 Å². The molecule has 0 aliphatic rings. The van der Waals surface area contributed by atoms with Crippen molar-refractivity contribution in [3.8, 4) is 0 Å². The van der Waals surface area contributed by atoms with Crippen molar-refractivity contribution in [2.75, 3.05) is 5.32 Å². The van der Waals surface area contributed by atoms with Crippen LogP contribution >= 0.6 is 38.6 Å². The molecule has 17 heavy (non-hydrogen) atoms. The highest BCUT2D eigenvalue weighted by Gasteiger charge is 2.15. The second-order valence-electron chi connectivity index (χ2n) is 2.82. The van der Waals surface area contributed by atoms with E-state index in [1.165, 1.54) is 11.3 Å². The van der Waals surface area contributed by atoms with Crippen molar-refractivity contribution in [3.63, 3.8) is 0 Å². The van der Waals surface area contributed by atoms with Crippen molar-refractivity contribution in [3.05, 3.63) is 37.1 Å². The Morgan fingerprint density at radius 2 is 2.24 bits per heavy atom. The standard InChI is InChI=1S/C8H4BrN3O3S2/c9-5-2-1-4(16-5)7(13)11-8-10-3-6(17-8)12(14)15/h1-3H,(H,10,11,13). The number of carbonyl (C=O) groups excluding carboxylic acids is 1. The normalized spacial score (nSPS) is 10.2. The summed E-state index contributed by atoms with van der Waals surface area (Å²) in [6.45, 7) is 0. The van der Waals surface area contributed by atoms with Gasteiger partial charge in [-0.1, -0.05) is 0 Å². The predicted molar refractivity (Wildman–Crippen MR) is 68.7 cm³/mol. The summed E-state index contributed by atoms with van der Waals surface area (Å²) < 4.78 is 0.841. The highest BCUT2D eigenvalue weighted by molar-refractivity contribution is 9.11. The van der Waals surface area contributed by atoms with Crippen LogP contribution in [-0.2, 0) is 0 Å². The third kappa shape index (κ3) is 2.87. The Balaban J connectivity index is 2.10. The number of amides is 1. The van der Waals surface area contributed by atoms with Crippen LogP contribution in [0.15, 0.2) is 22.1 Å². The lowest BCUT2D eigenvalue weighted by Crippen LogP contribution is -2.09. The van der Waals surface area contributed by atoms with E-state index in [1.54, 1.807) is 12.1 Å². The third-order valence-corrected chi connectivity index (χ3v) is 4.18. The molecule has 2 rings (SSSR count). The van der Waals surface area contributed by atoms with Gasteiger partial charge < -0.3 is 0 Å². The van der Waals surface area contributed by atoms with E-state index in [0.717, 1.165) is 21.3 Å². The maximum Gasteiger partial charge on any atom is 0.345 e. The molecule has 0 aliphatic carbocycles. The summed E-state index contributed by atoms with van der Waals surface area (Å²) in [4.78, 5) is 25.8. The molecular weight excluding hydrogens is 330 g/mol. The molecule has 2 heterocycles. The SMILES string of the molecule is O=C(Nc1ncc([N+](=O)[O-])s1)c1ccc(Br)s1. The number of hydrogen-bond donors (Lipinski definition) is 1. The molecule has 0 spiro atoms. The first-order chi connectivity index (χ1) is 8.06. The Morgan fingerprint density at radius 3 is 2.76 bits per heavy atom. The molecule has 2 aromatic rings. The minimum absolute atomic E-state index is 0.104. The molecular formula is C8H4BrN3O3S2. The van der Waals surface area contributed by atoms with Crippen LogP contribution < -0.4 is 5.32 Å². The fourth-order valence-corrected chi connectivity index (χ4v) is 2.91. The number of thiazole rings is 1. The molecule has 0 bridgehead atoms. The summed E-state index contributed by atoms with van der Waals surface area (Å²) in [7, 11) is 0. The van der Waals surface area contributed by atoms with Crippen LogP contribution in [0.1, 0.15) is 9.67 Å². The summed E-state index contributed by atoms with van der Waals surface area (Å²) >= 11 is 5.34. The van der Waals surface area contributed by atoms with Gasteiger partial charge in [0.25, 0.3) is 5.91 Å². The first kappa shape index (κ1) is 12.1. The largest absolute Gasteiger partial charge is 0.345 e. The van der Waals surface area contributed by atoms with E-state index < -0.39 is 4.92 Å². The maximum absolute atomic E-state index is 11.7. The lowest BCUT2D eigenvalue weighted by molar-refractivity contribution is -0.380. The lowest BCUT2D eigenvalue weighted by atomic mass is 10.4. The van der Waals surface area contributed by atoms with E-state index in [0.29, 0.717) is 4.88 Å². The van der Waals surface area contributed by atoms with Gasteiger partial charge in [-0.3, -0.25) is 20.2 Å². The van der Waals surface area contributed by atoms with Gasteiger partial charge in [-0.2, -0.15) is 0 Å². The molecule has 1 amide bonds. The van der Waals surface area contributed by atoms with Crippen molar-refractivity contribution in [2.45, 2.75) is 0 Å². The van der Waals surface area contributed by atoms with Crippen molar-refractivity contribution in [1.29, 1.82) is 0 Å². The first-order valence-electron chi connectivity index (χ1n) is 4.23. The highest BCUT2D eigenvalue weighted by Crippen LogP contribution is 2.27. The van der Waals surface area contributed by atoms with Gasteiger partial charge in [-0.05, 0) is 39.4 Å². The molecule has 0 aliphatic heterocycles. The minimum Gasteiger partial charge on any atom is -0.297 e. The number of hydrogen-bond acceptors (Lipinski definition) is 6. The van der Waals surface area contributed by atoms with Gasteiger partial charge in [0.05, 0.1) is 13.6 Å².